The maximum atomic E-state index is 11.7. The first-order valence-electron chi connectivity index (χ1n) is 9.57. The van der Waals surface area contributed by atoms with Crippen molar-refractivity contribution in [1.29, 1.82) is 0 Å². The van der Waals surface area contributed by atoms with Gasteiger partial charge in [0, 0.05) is 13.1 Å². The first-order chi connectivity index (χ1) is 11.8. The summed E-state index contributed by atoms with van der Waals surface area (Å²) in [4.78, 5) is 15.5. The first kappa shape index (κ1) is 22.8. The number of carboxylic acid groups (broad SMARTS) is 1. The quantitative estimate of drug-likeness (QED) is 0.730. The Labute approximate surface area is 165 Å². The molecule has 148 valence electrons. The Bertz CT molecular complexity index is 579. The molecule has 1 aromatic rings. The number of hydrogen-bond donors (Lipinski definition) is 1. The van der Waals surface area contributed by atoms with Gasteiger partial charge in [-0.3, -0.25) is 0 Å². The van der Waals surface area contributed by atoms with Gasteiger partial charge in [0.05, 0.1) is 6.04 Å². The van der Waals surface area contributed by atoms with Crippen LogP contribution >= 0.6 is 12.4 Å². The van der Waals surface area contributed by atoms with Crippen molar-refractivity contribution < 1.29 is 9.90 Å². The summed E-state index contributed by atoms with van der Waals surface area (Å²) in [5.41, 5.74) is 2.50. The molecular formula is C21H35ClN2O2. The zero-order valence-corrected chi connectivity index (χ0v) is 17.6. The standard InChI is InChI=1S/C21H34N2O2.ClH/c1-6-19(16(3)14-22(4)5)17-8-7-9-18(13-17)20-12-15(2)10-11-23(20)21(24)25;/h7-9,13,15-16,19-20H,6,10-12,14H2,1-5H3,(H,24,25);1H/t15?,16-,19+,20?;/m0./s1. The number of nitrogens with zero attached hydrogens (tertiary/aromatic N) is 2. The third kappa shape index (κ3) is 5.62. The van der Waals surface area contributed by atoms with Crippen molar-refractivity contribution in [2.75, 3.05) is 27.2 Å². The van der Waals surface area contributed by atoms with Gasteiger partial charge in [0.2, 0.25) is 0 Å². The maximum absolute atomic E-state index is 11.7. The van der Waals surface area contributed by atoms with Gasteiger partial charge >= 0.3 is 6.09 Å². The molecule has 4 atom stereocenters. The van der Waals surface area contributed by atoms with Gasteiger partial charge in [0.15, 0.2) is 0 Å². The molecular weight excluding hydrogens is 348 g/mol. The van der Waals surface area contributed by atoms with Gasteiger partial charge in [-0.2, -0.15) is 0 Å². The van der Waals surface area contributed by atoms with Crippen LogP contribution in [0, 0.1) is 11.8 Å². The summed E-state index contributed by atoms with van der Waals surface area (Å²) in [5, 5.41) is 9.59. The largest absolute Gasteiger partial charge is 0.465 e. The van der Waals surface area contributed by atoms with E-state index in [1.807, 2.05) is 0 Å². The molecule has 1 heterocycles. The molecule has 26 heavy (non-hydrogen) atoms. The van der Waals surface area contributed by atoms with Gasteiger partial charge in [-0.25, -0.2) is 4.79 Å². The van der Waals surface area contributed by atoms with Gasteiger partial charge in [0.1, 0.15) is 0 Å². The lowest BCUT2D eigenvalue weighted by Gasteiger charge is -2.37. The van der Waals surface area contributed by atoms with E-state index in [9.17, 15) is 9.90 Å². The minimum absolute atomic E-state index is 0. The number of rotatable bonds is 6. The minimum atomic E-state index is -0.796. The molecule has 0 bridgehead atoms. The van der Waals surface area contributed by atoms with Crippen LogP contribution in [-0.4, -0.2) is 48.2 Å². The lowest BCUT2D eigenvalue weighted by Crippen LogP contribution is -2.39. The molecule has 0 aromatic heterocycles. The van der Waals surface area contributed by atoms with Crippen molar-refractivity contribution >= 4 is 18.5 Å². The monoisotopic (exact) mass is 382 g/mol. The van der Waals surface area contributed by atoms with Crippen LogP contribution in [0.1, 0.15) is 63.1 Å². The molecule has 4 nitrogen and oxygen atoms in total. The van der Waals surface area contributed by atoms with E-state index in [4.69, 9.17) is 0 Å². The molecule has 1 aliphatic heterocycles. The Morgan fingerprint density at radius 1 is 1.38 bits per heavy atom. The smallest absolute Gasteiger partial charge is 0.407 e. The highest BCUT2D eigenvalue weighted by molar-refractivity contribution is 5.85. The Hall–Kier alpha value is -1.26. The predicted molar refractivity (Wildman–Crippen MR) is 110 cm³/mol. The summed E-state index contributed by atoms with van der Waals surface area (Å²) in [7, 11) is 4.24. The second-order valence-electron chi connectivity index (χ2n) is 8.05. The molecule has 2 unspecified atom stereocenters. The van der Waals surface area contributed by atoms with Gasteiger partial charge in [-0.05, 0) is 62.2 Å². The number of hydrogen-bond acceptors (Lipinski definition) is 2. The molecule has 0 radical (unpaired) electrons. The third-order valence-electron chi connectivity index (χ3n) is 5.61. The lowest BCUT2D eigenvalue weighted by molar-refractivity contribution is 0.0927. The summed E-state index contributed by atoms with van der Waals surface area (Å²) >= 11 is 0. The van der Waals surface area contributed by atoms with Crippen LogP contribution in [0.5, 0.6) is 0 Å². The SMILES string of the molecule is CC[C@@H](c1cccc(C2CC(C)CCN2C(=O)O)c1)[C@@H](C)CN(C)C.Cl. The number of amides is 1. The summed E-state index contributed by atoms with van der Waals surface area (Å²) in [6, 6.07) is 8.67. The molecule has 1 fully saturated rings. The van der Waals surface area contributed by atoms with Crippen LogP contribution in [-0.2, 0) is 0 Å². The Kier molecular flexibility index (Phi) is 8.91. The van der Waals surface area contributed by atoms with E-state index in [2.05, 4.69) is 64.0 Å². The van der Waals surface area contributed by atoms with E-state index in [1.165, 1.54) is 5.56 Å². The lowest BCUT2D eigenvalue weighted by atomic mass is 9.82. The Morgan fingerprint density at radius 2 is 2.08 bits per heavy atom. The zero-order chi connectivity index (χ0) is 18.6. The topological polar surface area (TPSA) is 43.8 Å². The fourth-order valence-corrected chi connectivity index (χ4v) is 4.35. The Balaban J connectivity index is 0.00000338. The predicted octanol–water partition coefficient (Wildman–Crippen LogP) is 5.25. The molecule has 0 spiro atoms. The Morgan fingerprint density at radius 3 is 2.65 bits per heavy atom. The van der Waals surface area contributed by atoms with Crippen molar-refractivity contribution in [3.05, 3.63) is 35.4 Å². The summed E-state index contributed by atoms with van der Waals surface area (Å²) in [6.07, 6.45) is 2.18. The van der Waals surface area contributed by atoms with Crippen molar-refractivity contribution in [2.45, 2.75) is 52.0 Å². The summed E-state index contributed by atoms with van der Waals surface area (Å²) < 4.78 is 0. The van der Waals surface area contributed by atoms with Crippen molar-refractivity contribution in [1.82, 2.24) is 9.80 Å². The van der Waals surface area contributed by atoms with Crippen LogP contribution in [0.25, 0.3) is 0 Å². The van der Waals surface area contributed by atoms with Gasteiger partial charge in [0.25, 0.3) is 0 Å². The number of likely N-dealkylation sites (tertiary alicyclic amines) is 1. The number of benzene rings is 1. The van der Waals surface area contributed by atoms with Crippen molar-refractivity contribution in [3.63, 3.8) is 0 Å². The molecule has 1 aliphatic rings. The second kappa shape index (κ2) is 10.2. The third-order valence-corrected chi connectivity index (χ3v) is 5.61. The molecule has 1 aromatic carbocycles. The molecule has 1 saturated heterocycles. The highest BCUT2D eigenvalue weighted by Gasteiger charge is 2.31. The molecule has 0 saturated carbocycles. The van der Waals surface area contributed by atoms with E-state index in [-0.39, 0.29) is 18.4 Å². The molecule has 1 amide bonds. The summed E-state index contributed by atoms with van der Waals surface area (Å²) in [6.45, 7) is 8.48. The van der Waals surface area contributed by atoms with E-state index in [1.54, 1.807) is 4.90 Å². The molecule has 1 N–H and O–H groups in total. The van der Waals surface area contributed by atoms with Gasteiger partial charge in [-0.1, -0.05) is 45.0 Å². The van der Waals surface area contributed by atoms with E-state index in [0.717, 1.165) is 31.4 Å². The zero-order valence-electron chi connectivity index (χ0n) is 16.8. The number of halogens is 1. The fraction of sp³-hybridized carbons (Fsp3) is 0.667. The molecule has 0 aliphatic carbocycles. The second-order valence-corrected chi connectivity index (χ2v) is 8.05. The van der Waals surface area contributed by atoms with Crippen molar-refractivity contribution in [2.24, 2.45) is 11.8 Å². The normalized spacial score (nSPS) is 22.6. The highest BCUT2D eigenvalue weighted by Crippen LogP contribution is 2.36. The van der Waals surface area contributed by atoms with E-state index in [0.29, 0.717) is 24.3 Å². The van der Waals surface area contributed by atoms with Gasteiger partial charge in [-0.15, -0.1) is 12.4 Å². The average molecular weight is 383 g/mol. The van der Waals surface area contributed by atoms with Crippen LogP contribution in [0.15, 0.2) is 24.3 Å². The minimum Gasteiger partial charge on any atom is -0.465 e. The molecule has 5 heteroatoms. The van der Waals surface area contributed by atoms with E-state index >= 15 is 0 Å². The van der Waals surface area contributed by atoms with Gasteiger partial charge < -0.3 is 14.9 Å². The van der Waals surface area contributed by atoms with E-state index < -0.39 is 6.09 Å². The fourth-order valence-electron chi connectivity index (χ4n) is 4.35. The number of carbonyl (C=O) groups is 1. The van der Waals surface area contributed by atoms with Crippen LogP contribution in [0.2, 0.25) is 0 Å². The highest BCUT2D eigenvalue weighted by atomic mass is 35.5. The van der Waals surface area contributed by atoms with Crippen LogP contribution < -0.4 is 0 Å². The van der Waals surface area contributed by atoms with Crippen LogP contribution in [0.4, 0.5) is 4.79 Å². The summed E-state index contributed by atoms with van der Waals surface area (Å²) in [5.74, 6) is 1.64. The maximum Gasteiger partial charge on any atom is 0.407 e. The van der Waals surface area contributed by atoms with Crippen LogP contribution in [0.3, 0.4) is 0 Å². The first-order valence-corrected chi connectivity index (χ1v) is 9.57. The average Bonchev–Trinajstić information content (AvgIpc) is 2.54. The molecule has 2 rings (SSSR count). The number of piperidine rings is 1. The van der Waals surface area contributed by atoms with Crippen molar-refractivity contribution in [3.8, 4) is 0 Å².